The van der Waals surface area contributed by atoms with Gasteiger partial charge in [-0.05, 0) is 51.9 Å². The van der Waals surface area contributed by atoms with Crippen molar-refractivity contribution in [1.82, 2.24) is 9.13 Å². The summed E-state index contributed by atoms with van der Waals surface area (Å²) < 4.78 is 4.25. The van der Waals surface area contributed by atoms with Crippen LogP contribution in [-0.2, 0) is 12.8 Å². The minimum absolute atomic E-state index is 0.180. The van der Waals surface area contributed by atoms with E-state index in [0.717, 1.165) is 12.8 Å². The Kier molecular flexibility index (Phi) is 4.19. The molecule has 0 aliphatic heterocycles. The second-order valence-corrected chi connectivity index (χ2v) is 8.58. The van der Waals surface area contributed by atoms with Crippen molar-refractivity contribution in [3.05, 3.63) is 21.9 Å². The summed E-state index contributed by atoms with van der Waals surface area (Å²) in [6.07, 6.45) is 4.49. The Labute approximate surface area is 129 Å². The van der Waals surface area contributed by atoms with Crippen LogP contribution in [0, 0.1) is 5.41 Å². The highest BCUT2D eigenvalue weighted by molar-refractivity contribution is 14.1. The molecule has 2 rings (SSSR count). The van der Waals surface area contributed by atoms with Gasteiger partial charge in [0.05, 0.1) is 4.05 Å². The molecule has 108 valence electrons. The lowest BCUT2D eigenvalue weighted by Gasteiger charge is -2.23. The molecule has 0 amide bonds. The highest BCUT2D eigenvalue weighted by atomic mass is 127. The van der Waals surface area contributed by atoms with Crippen LogP contribution in [0.4, 0.5) is 0 Å². The second-order valence-electron chi connectivity index (χ2n) is 6.78. The summed E-state index contributed by atoms with van der Waals surface area (Å²) in [4.78, 5) is 12.7. The maximum Gasteiger partial charge on any atom is 0.329 e. The van der Waals surface area contributed by atoms with Gasteiger partial charge in [0.25, 0.3) is 0 Å². The molecule has 0 saturated heterocycles. The van der Waals surface area contributed by atoms with E-state index < -0.39 is 0 Å². The fourth-order valence-electron chi connectivity index (χ4n) is 3.25. The van der Waals surface area contributed by atoms with Crippen LogP contribution in [0.25, 0.3) is 0 Å². The van der Waals surface area contributed by atoms with E-state index in [1.807, 2.05) is 9.13 Å². The molecule has 0 radical (unpaired) electrons. The van der Waals surface area contributed by atoms with E-state index in [9.17, 15) is 4.79 Å². The smallest absolute Gasteiger partial charge is 0.294 e. The number of rotatable bonds is 2. The molecule has 1 aromatic rings. The SMILES string of the molecule is CC(C)n1c2c(n(C(C)I)c1=O)CC(C)(C)CCC2. The van der Waals surface area contributed by atoms with E-state index in [2.05, 4.69) is 57.2 Å². The van der Waals surface area contributed by atoms with Crippen LogP contribution in [0.2, 0.25) is 0 Å². The number of imidazole rings is 1. The van der Waals surface area contributed by atoms with E-state index in [-0.39, 0.29) is 15.8 Å². The molecule has 0 saturated carbocycles. The van der Waals surface area contributed by atoms with Gasteiger partial charge < -0.3 is 0 Å². The number of fused-ring (bicyclic) bond motifs is 1. The van der Waals surface area contributed by atoms with E-state index in [1.54, 1.807) is 0 Å². The molecule has 0 spiro atoms. The van der Waals surface area contributed by atoms with Crippen LogP contribution < -0.4 is 5.69 Å². The summed E-state index contributed by atoms with van der Waals surface area (Å²) in [6, 6.07) is 0.249. The number of nitrogens with zero attached hydrogens (tertiary/aromatic N) is 2. The monoisotopic (exact) mass is 376 g/mol. The molecular formula is C15H25IN2O. The van der Waals surface area contributed by atoms with Crippen molar-refractivity contribution in [3.8, 4) is 0 Å². The molecular weight excluding hydrogens is 351 g/mol. The first-order valence-electron chi connectivity index (χ1n) is 7.23. The molecule has 0 fully saturated rings. The number of hydrogen-bond acceptors (Lipinski definition) is 1. The molecule has 1 atom stereocenters. The summed E-state index contributed by atoms with van der Waals surface area (Å²) in [7, 11) is 0. The van der Waals surface area contributed by atoms with Gasteiger partial charge >= 0.3 is 5.69 Å². The zero-order valence-corrected chi connectivity index (χ0v) is 14.8. The van der Waals surface area contributed by atoms with Gasteiger partial charge in [-0.25, -0.2) is 4.79 Å². The largest absolute Gasteiger partial charge is 0.329 e. The van der Waals surface area contributed by atoms with Crippen molar-refractivity contribution >= 4 is 22.6 Å². The third-order valence-electron chi connectivity index (χ3n) is 4.11. The topological polar surface area (TPSA) is 26.9 Å². The third-order valence-corrected chi connectivity index (χ3v) is 4.67. The molecule has 3 nitrogen and oxygen atoms in total. The van der Waals surface area contributed by atoms with Gasteiger partial charge in [0.2, 0.25) is 0 Å². The van der Waals surface area contributed by atoms with Crippen molar-refractivity contribution in [2.24, 2.45) is 5.41 Å². The summed E-state index contributed by atoms with van der Waals surface area (Å²) in [5.41, 5.74) is 3.05. The first-order chi connectivity index (χ1) is 8.74. The van der Waals surface area contributed by atoms with Gasteiger partial charge in [-0.3, -0.25) is 9.13 Å². The highest BCUT2D eigenvalue weighted by Gasteiger charge is 2.31. The Morgan fingerprint density at radius 1 is 1.16 bits per heavy atom. The average molecular weight is 376 g/mol. The first-order valence-corrected chi connectivity index (χ1v) is 8.48. The van der Waals surface area contributed by atoms with Gasteiger partial charge in [-0.15, -0.1) is 0 Å². The number of halogens is 1. The lowest BCUT2D eigenvalue weighted by Crippen LogP contribution is -2.28. The fraction of sp³-hybridized carbons (Fsp3) is 0.800. The van der Waals surface area contributed by atoms with E-state index >= 15 is 0 Å². The van der Waals surface area contributed by atoms with Crippen LogP contribution in [-0.4, -0.2) is 9.13 Å². The summed E-state index contributed by atoms with van der Waals surface area (Å²) in [5, 5.41) is 0. The third kappa shape index (κ3) is 2.78. The van der Waals surface area contributed by atoms with Crippen molar-refractivity contribution in [2.45, 2.75) is 70.4 Å². The van der Waals surface area contributed by atoms with Gasteiger partial charge in [-0.1, -0.05) is 36.4 Å². The van der Waals surface area contributed by atoms with E-state index in [4.69, 9.17) is 0 Å². The molecule has 0 bridgehead atoms. The lowest BCUT2D eigenvalue weighted by atomic mass is 9.85. The molecule has 19 heavy (non-hydrogen) atoms. The molecule has 1 aliphatic rings. The van der Waals surface area contributed by atoms with Crippen molar-refractivity contribution in [1.29, 1.82) is 0 Å². The highest BCUT2D eigenvalue weighted by Crippen LogP contribution is 2.35. The van der Waals surface area contributed by atoms with Crippen LogP contribution in [0.15, 0.2) is 4.79 Å². The molecule has 0 N–H and O–H groups in total. The first kappa shape index (κ1) is 15.1. The van der Waals surface area contributed by atoms with Gasteiger partial charge in [-0.2, -0.15) is 0 Å². The standard InChI is InChI=1S/C15H25IN2O/c1-10(2)17-12-7-6-8-15(4,5)9-13(12)18(11(3)16)14(17)19/h10-11H,6-9H2,1-5H3. The molecule has 1 heterocycles. The number of hydrogen-bond donors (Lipinski definition) is 0. The molecule has 1 unspecified atom stereocenters. The van der Waals surface area contributed by atoms with E-state index in [1.165, 1.54) is 24.2 Å². The molecule has 1 aromatic heterocycles. The summed E-state index contributed by atoms with van der Waals surface area (Å²) in [6.45, 7) is 11.0. The Hall–Kier alpha value is -0.260. The summed E-state index contributed by atoms with van der Waals surface area (Å²) in [5.74, 6) is 0. The lowest BCUT2D eigenvalue weighted by molar-refractivity contribution is 0.324. The van der Waals surface area contributed by atoms with Crippen LogP contribution in [0.5, 0.6) is 0 Å². The number of aromatic nitrogens is 2. The van der Waals surface area contributed by atoms with Crippen LogP contribution in [0.1, 0.15) is 68.9 Å². The predicted molar refractivity (Wildman–Crippen MR) is 88.2 cm³/mol. The fourth-order valence-corrected chi connectivity index (χ4v) is 3.83. The predicted octanol–water partition coefficient (Wildman–Crippen LogP) is 4.09. The zero-order chi connectivity index (χ0) is 14.4. The van der Waals surface area contributed by atoms with Crippen LogP contribution >= 0.6 is 22.6 Å². The van der Waals surface area contributed by atoms with E-state index in [0.29, 0.717) is 5.41 Å². The van der Waals surface area contributed by atoms with Crippen molar-refractivity contribution < 1.29 is 0 Å². The minimum Gasteiger partial charge on any atom is -0.294 e. The van der Waals surface area contributed by atoms with Gasteiger partial charge in [0, 0.05) is 17.4 Å². The Balaban J connectivity index is 2.68. The summed E-state index contributed by atoms with van der Waals surface area (Å²) >= 11 is 2.35. The average Bonchev–Trinajstić information content (AvgIpc) is 2.40. The maximum absolute atomic E-state index is 12.7. The van der Waals surface area contributed by atoms with Crippen molar-refractivity contribution in [3.63, 3.8) is 0 Å². The van der Waals surface area contributed by atoms with Crippen molar-refractivity contribution in [2.75, 3.05) is 0 Å². The Morgan fingerprint density at radius 2 is 1.79 bits per heavy atom. The Morgan fingerprint density at radius 3 is 2.32 bits per heavy atom. The molecule has 1 aliphatic carbocycles. The normalized spacial score (nSPS) is 20.2. The van der Waals surface area contributed by atoms with Crippen LogP contribution in [0.3, 0.4) is 0 Å². The van der Waals surface area contributed by atoms with Gasteiger partial charge in [0.1, 0.15) is 0 Å². The molecule has 0 aromatic carbocycles. The zero-order valence-electron chi connectivity index (χ0n) is 12.7. The quantitative estimate of drug-likeness (QED) is 0.434. The Bertz CT molecular complexity index is 523. The molecule has 4 heteroatoms. The maximum atomic E-state index is 12.7. The second kappa shape index (κ2) is 5.26. The minimum atomic E-state index is 0.180. The number of alkyl halides is 1. The van der Waals surface area contributed by atoms with Gasteiger partial charge in [0.15, 0.2) is 0 Å².